The minimum absolute atomic E-state index is 0.0596. The van der Waals surface area contributed by atoms with E-state index in [1.807, 2.05) is 6.07 Å². The lowest BCUT2D eigenvalue weighted by molar-refractivity contribution is 0.0696. The first-order valence-electron chi connectivity index (χ1n) is 5.17. The molecule has 1 heterocycles. The number of nitriles is 1. The Morgan fingerprint density at radius 3 is 2.84 bits per heavy atom. The lowest BCUT2D eigenvalue weighted by Crippen LogP contribution is -1.98. The Balaban J connectivity index is 2.31. The molecule has 1 N–H and O–H groups in total. The van der Waals surface area contributed by atoms with Gasteiger partial charge in [0.15, 0.2) is 0 Å². The second kappa shape index (κ2) is 5.38. The molecule has 2 aromatic rings. The Labute approximate surface area is 113 Å². The molecule has 2 rings (SSSR count). The Morgan fingerprint density at radius 2 is 2.16 bits per heavy atom. The van der Waals surface area contributed by atoms with E-state index >= 15 is 0 Å². The van der Waals surface area contributed by atoms with Gasteiger partial charge in [0.2, 0.25) is 5.88 Å². The molecule has 1 aromatic heterocycles. The van der Waals surface area contributed by atoms with Crippen LogP contribution in [0.4, 0.5) is 0 Å². The first-order chi connectivity index (χ1) is 9.10. The molecule has 1 aromatic carbocycles. The summed E-state index contributed by atoms with van der Waals surface area (Å²) in [7, 11) is 0. The molecule has 5 nitrogen and oxygen atoms in total. The van der Waals surface area contributed by atoms with Gasteiger partial charge in [-0.25, -0.2) is 9.78 Å². The van der Waals surface area contributed by atoms with E-state index in [0.29, 0.717) is 5.56 Å². The normalized spacial score (nSPS) is 9.68. The van der Waals surface area contributed by atoms with Crippen molar-refractivity contribution in [2.45, 2.75) is 0 Å². The minimum atomic E-state index is -1.14. The fourth-order valence-corrected chi connectivity index (χ4v) is 1.59. The van der Waals surface area contributed by atoms with Crippen LogP contribution in [0.5, 0.6) is 11.6 Å². The van der Waals surface area contributed by atoms with Gasteiger partial charge in [-0.1, -0.05) is 11.6 Å². The van der Waals surface area contributed by atoms with E-state index in [4.69, 9.17) is 26.7 Å². The Bertz CT molecular complexity index is 680. The zero-order valence-corrected chi connectivity index (χ0v) is 10.3. The van der Waals surface area contributed by atoms with Crippen molar-refractivity contribution in [3.05, 3.63) is 52.7 Å². The number of carboxylic acid groups (broad SMARTS) is 1. The number of ether oxygens (including phenoxy) is 1. The summed E-state index contributed by atoms with van der Waals surface area (Å²) in [5.41, 5.74) is 0.341. The Kier molecular flexibility index (Phi) is 3.64. The number of benzene rings is 1. The number of hydrogen-bond acceptors (Lipinski definition) is 4. The molecule has 0 aliphatic heterocycles. The van der Waals surface area contributed by atoms with Crippen LogP contribution in [0.2, 0.25) is 5.02 Å². The van der Waals surface area contributed by atoms with Crippen LogP contribution in [0, 0.1) is 11.3 Å². The Morgan fingerprint density at radius 1 is 1.37 bits per heavy atom. The second-order valence-corrected chi connectivity index (χ2v) is 3.95. The van der Waals surface area contributed by atoms with Gasteiger partial charge in [-0.3, -0.25) is 0 Å². The average molecular weight is 275 g/mol. The van der Waals surface area contributed by atoms with Gasteiger partial charge in [0.05, 0.1) is 22.2 Å². The van der Waals surface area contributed by atoms with Crippen LogP contribution in [0.1, 0.15) is 15.9 Å². The number of pyridine rings is 1. The van der Waals surface area contributed by atoms with Crippen molar-refractivity contribution in [3.63, 3.8) is 0 Å². The lowest BCUT2D eigenvalue weighted by atomic mass is 10.2. The van der Waals surface area contributed by atoms with Crippen molar-refractivity contribution >= 4 is 17.6 Å². The molecule has 6 heteroatoms. The van der Waals surface area contributed by atoms with Crippen LogP contribution in [0.3, 0.4) is 0 Å². The molecule has 0 aliphatic carbocycles. The number of hydrogen-bond donors (Lipinski definition) is 1. The molecule has 0 spiro atoms. The average Bonchev–Trinajstić information content (AvgIpc) is 2.41. The summed E-state index contributed by atoms with van der Waals surface area (Å²) < 4.78 is 5.38. The predicted octanol–water partition coefficient (Wildman–Crippen LogP) is 3.10. The fourth-order valence-electron chi connectivity index (χ4n) is 1.39. The minimum Gasteiger partial charge on any atom is -0.478 e. The van der Waals surface area contributed by atoms with Gasteiger partial charge in [0, 0.05) is 12.3 Å². The molecule has 94 valence electrons. The third kappa shape index (κ3) is 3.00. The summed E-state index contributed by atoms with van der Waals surface area (Å²) in [6, 6.07) is 9.19. The van der Waals surface area contributed by atoms with E-state index < -0.39 is 5.97 Å². The van der Waals surface area contributed by atoms with Crippen molar-refractivity contribution in [3.8, 4) is 17.7 Å². The number of carboxylic acids is 1. The maximum absolute atomic E-state index is 10.9. The van der Waals surface area contributed by atoms with E-state index in [2.05, 4.69) is 4.98 Å². The van der Waals surface area contributed by atoms with Crippen LogP contribution in [-0.2, 0) is 0 Å². The monoisotopic (exact) mass is 274 g/mol. The van der Waals surface area contributed by atoms with Gasteiger partial charge in [0.25, 0.3) is 0 Å². The quantitative estimate of drug-likeness (QED) is 0.930. The van der Waals surface area contributed by atoms with E-state index in [9.17, 15) is 4.79 Å². The van der Waals surface area contributed by atoms with E-state index in [0.717, 1.165) is 0 Å². The topological polar surface area (TPSA) is 83.2 Å². The zero-order chi connectivity index (χ0) is 13.8. The van der Waals surface area contributed by atoms with Crippen LogP contribution in [0.25, 0.3) is 0 Å². The lowest BCUT2D eigenvalue weighted by Gasteiger charge is -2.06. The highest BCUT2D eigenvalue weighted by Gasteiger charge is 2.10. The molecule has 0 atom stereocenters. The number of rotatable bonds is 3. The molecule has 0 saturated heterocycles. The first-order valence-corrected chi connectivity index (χ1v) is 5.55. The largest absolute Gasteiger partial charge is 0.478 e. The standard InChI is InChI=1S/C13H7ClN2O3/c14-11-2-1-9(6-10(11)13(17)18)19-12-5-8(7-15)3-4-16-12/h1-6H,(H,17,18). The molecular formula is C13H7ClN2O3. The molecule has 19 heavy (non-hydrogen) atoms. The fraction of sp³-hybridized carbons (Fsp3) is 0. The van der Waals surface area contributed by atoms with Crippen molar-refractivity contribution in [1.82, 2.24) is 4.98 Å². The third-order valence-corrected chi connectivity index (χ3v) is 2.58. The predicted molar refractivity (Wildman–Crippen MR) is 67.4 cm³/mol. The molecular weight excluding hydrogens is 268 g/mol. The molecule has 0 radical (unpaired) electrons. The highest BCUT2D eigenvalue weighted by molar-refractivity contribution is 6.33. The number of halogens is 1. The highest BCUT2D eigenvalue weighted by atomic mass is 35.5. The van der Waals surface area contributed by atoms with Crippen molar-refractivity contribution in [2.75, 3.05) is 0 Å². The van der Waals surface area contributed by atoms with Gasteiger partial charge in [0.1, 0.15) is 5.75 Å². The highest BCUT2D eigenvalue weighted by Crippen LogP contribution is 2.25. The zero-order valence-electron chi connectivity index (χ0n) is 9.50. The summed E-state index contributed by atoms with van der Waals surface area (Å²) in [6.45, 7) is 0. The number of aromatic carboxylic acids is 1. The maximum Gasteiger partial charge on any atom is 0.337 e. The number of nitrogens with zero attached hydrogens (tertiary/aromatic N) is 2. The summed E-state index contributed by atoms with van der Waals surface area (Å²) in [6.07, 6.45) is 1.43. The molecule has 0 unspecified atom stereocenters. The van der Waals surface area contributed by atoms with E-state index in [-0.39, 0.29) is 22.2 Å². The van der Waals surface area contributed by atoms with Crippen LogP contribution in [0.15, 0.2) is 36.5 Å². The van der Waals surface area contributed by atoms with Gasteiger partial charge >= 0.3 is 5.97 Å². The van der Waals surface area contributed by atoms with Crippen LogP contribution < -0.4 is 4.74 Å². The summed E-state index contributed by atoms with van der Waals surface area (Å²) in [5.74, 6) is -0.656. The molecule has 0 saturated carbocycles. The van der Waals surface area contributed by atoms with Crippen LogP contribution >= 0.6 is 11.6 Å². The summed E-state index contributed by atoms with van der Waals surface area (Å²) in [4.78, 5) is 14.9. The Hall–Kier alpha value is -2.58. The maximum atomic E-state index is 10.9. The van der Waals surface area contributed by atoms with Crippen molar-refractivity contribution in [1.29, 1.82) is 5.26 Å². The summed E-state index contributed by atoms with van der Waals surface area (Å²) >= 11 is 5.75. The van der Waals surface area contributed by atoms with Gasteiger partial charge in [-0.15, -0.1) is 0 Å². The number of carbonyl (C=O) groups is 1. The summed E-state index contributed by atoms with van der Waals surface area (Å²) in [5, 5.41) is 17.8. The third-order valence-electron chi connectivity index (χ3n) is 2.25. The second-order valence-electron chi connectivity index (χ2n) is 3.54. The van der Waals surface area contributed by atoms with Gasteiger partial charge < -0.3 is 9.84 Å². The van der Waals surface area contributed by atoms with Crippen LogP contribution in [-0.4, -0.2) is 16.1 Å². The molecule has 0 aliphatic rings. The molecule has 0 amide bonds. The first kappa shape index (κ1) is 12.9. The van der Waals surface area contributed by atoms with E-state index in [1.54, 1.807) is 0 Å². The number of aromatic nitrogens is 1. The van der Waals surface area contributed by atoms with Crippen molar-refractivity contribution < 1.29 is 14.6 Å². The SMILES string of the molecule is N#Cc1ccnc(Oc2ccc(Cl)c(C(=O)O)c2)c1. The smallest absolute Gasteiger partial charge is 0.337 e. The van der Waals surface area contributed by atoms with E-state index in [1.165, 1.54) is 36.5 Å². The molecule has 0 fully saturated rings. The molecule has 0 bridgehead atoms. The van der Waals surface area contributed by atoms with Gasteiger partial charge in [-0.2, -0.15) is 5.26 Å². The van der Waals surface area contributed by atoms with Crippen molar-refractivity contribution in [2.24, 2.45) is 0 Å². The van der Waals surface area contributed by atoms with Gasteiger partial charge in [-0.05, 0) is 24.3 Å².